The van der Waals surface area contributed by atoms with Crippen molar-refractivity contribution in [3.63, 3.8) is 0 Å². The topological polar surface area (TPSA) is 68.0 Å². The zero-order valence-electron chi connectivity index (χ0n) is 12.4. The second kappa shape index (κ2) is 6.01. The van der Waals surface area contributed by atoms with Gasteiger partial charge >= 0.3 is 0 Å². The van der Waals surface area contributed by atoms with Crippen LogP contribution >= 0.6 is 34.3 Å². The Bertz CT molecular complexity index is 1040. The molecule has 3 heterocycles. The number of amides is 1. The predicted molar refractivity (Wildman–Crippen MR) is 97.1 cm³/mol. The van der Waals surface area contributed by atoms with Gasteiger partial charge in [-0.05, 0) is 37.3 Å². The van der Waals surface area contributed by atoms with Gasteiger partial charge in [0.1, 0.15) is 5.69 Å². The van der Waals surface area contributed by atoms with Gasteiger partial charge in [-0.2, -0.15) is 0 Å². The molecule has 120 valence electrons. The standard InChI is InChI=1S/C16H10ClN3O2S2/c1-8-13(19-15(23-8)11-3-2-6-22-11)14(21)20-16-18-10-5-4-9(17)7-12(10)24-16/h2-7H,1H3,(H,18,20,21). The number of carbonyl (C=O) groups is 1. The van der Waals surface area contributed by atoms with Gasteiger partial charge in [0.05, 0.1) is 16.5 Å². The largest absolute Gasteiger partial charge is 0.462 e. The lowest BCUT2D eigenvalue weighted by Gasteiger charge is -1.98. The van der Waals surface area contributed by atoms with Crippen molar-refractivity contribution in [2.45, 2.75) is 6.92 Å². The van der Waals surface area contributed by atoms with Gasteiger partial charge in [-0.3, -0.25) is 10.1 Å². The number of thiazole rings is 2. The first-order chi connectivity index (χ1) is 11.6. The maximum absolute atomic E-state index is 12.5. The van der Waals surface area contributed by atoms with E-state index in [4.69, 9.17) is 16.0 Å². The second-order valence-electron chi connectivity index (χ2n) is 4.99. The normalized spacial score (nSPS) is 11.1. The minimum absolute atomic E-state index is 0.285. The van der Waals surface area contributed by atoms with Crippen LogP contribution in [-0.2, 0) is 0 Å². The Morgan fingerprint density at radius 3 is 2.92 bits per heavy atom. The first-order valence-electron chi connectivity index (χ1n) is 6.99. The van der Waals surface area contributed by atoms with E-state index in [0.717, 1.165) is 15.1 Å². The Labute approximate surface area is 149 Å². The summed E-state index contributed by atoms with van der Waals surface area (Å²) in [5, 5.41) is 4.64. The van der Waals surface area contributed by atoms with Crippen molar-refractivity contribution >= 4 is 55.5 Å². The van der Waals surface area contributed by atoms with E-state index >= 15 is 0 Å². The highest BCUT2D eigenvalue weighted by Gasteiger charge is 2.19. The Kier molecular flexibility index (Phi) is 3.84. The van der Waals surface area contributed by atoms with Gasteiger partial charge < -0.3 is 4.42 Å². The summed E-state index contributed by atoms with van der Waals surface area (Å²) in [7, 11) is 0. The smallest absolute Gasteiger partial charge is 0.277 e. The van der Waals surface area contributed by atoms with E-state index in [2.05, 4.69) is 15.3 Å². The second-order valence-corrected chi connectivity index (χ2v) is 7.66. The van der Waals surface area contributed by atoms with E-state index in [1.54, 1.807) is 18.4 Å². The lowest BCUT2D eigenvalue weighted by atomic mass is 10.3. The van der Waals surface area contributed by atoms with Crippen LogP contribution in [0.15, 0.2) is 41.0 Å². The third-order valence-electron chi connectivity index (χ3n) is 3.31. The molecule has 0 bridgehead atoms. The van der Waals surface area contributed by atoms with Crippen LogP contribution in [0.2, 0.25) is 5.02 Å². The predicted octanol–water partition coefficient (Wildman–Crippen LogP) is 5.23. The number of aryl methyl sites for hydroxylation is 1. The molecule has 24 heavy (non-hydrogen) atoms. The van der Waals surface area contributed by atoms with Crippen LogP contribution in [0.4, 0.5) is 5.13 Å². The summed E-state index contributed by atoms with van der Waals surface area (Å²) < 4.78 is 6.25. The lowest BCUT2D eigenvalue weighted by molar-refractivity contribution is 0.102. The fourth-order valence-electron chi connectivity index (χ4n) is 2.22. The number of hydrogen-bond acceptors (Lipinski definition) is 6. The van der Waals surface area contributed by atoms with Gasteiger partial charge in [0.2, 0.25) is 0 Å². The van der Waals surface area contributed by atoms with Gasteiger partial charge in [-0.15, -0.1) is 11.3 Å². The fraction of sp³-hybridized carbons (Fsp3) is 0.0625. The summed E-state index contributed by atoms with van der Waals surface area (Å²) in [6, 6.07) is 9.03. The molecule has 0 aliphatic carbocycles. The average molecular weight is 376 g/mol. The summed E-state index contributed by atoms with van der Waals surface area (Å²) in [5.41, 5.74) is 1.18. The van der Waals surface area contributed by atoms with Crippen molar-refractivity contribution in [1.29, 1.82) is 0 Å². The Hall–Kier alpha value is -2.22. The van der Waals surface area contributed by atoms with Crippen LogP contribution in [0.25, 0.3) is 21.0 Å². The summed E-state index contributed by atoms with van der Waals surface area (Å²) in [6.07, 6.45) is 1.58. The minimum Gasteiger partial charge on any atom is -0.462 e. The third-order valence-corrected chi connectivity index (χ3v) is 5.47. The number of rotatable bonds is 3. The van der Waals surface area contributed by atoms with Crippen LogP contribution < -0.4 is 5.32 Å². The molecule has 3 aromatic heterocycles. The van der Waals surface area contributed by atoms with Crippen LogP contribution in [0, 0.1) is 6.92 Å². The zero-order chi connectivity index (χ0) is 16.7. The van der Waals surface area contributed by atoms with Crippen molar-refractivity contribution in [1.82, 2.24) is 9.97 Å². The molecule has 5 nitrogen and oxygen atoms in total. The van der Waals surface area contributed by atoms with E-state index in [9.17, 15) is 4.79 Å². The van der Waals surface area contributed by atoms with E-state index in [-0.39, 0.29) is 5.91 Å². The van der Waals surface area contributed by atoms with Crippen molar-refractivity contribution in [2.75, 3.05) is 5.32 Å². The van der Waals surface area contributed by atoms with Crippen LogP contribution in [0.3, 0.4) is 0 Å². The van der Waals surface area contributed by atoms with E-state index < -0.39 is 0 Å². The summed E-state index contributed by atoms with van der Waals surface area (Å²) in [5.74, 6) is 0.364. The summed E-state index contributed by atoms with van der Waals surface area (Å²) in [6.45, 7) is 1.86. The molecular weight excluding hydrogens is 366 g/mol. The van der Waals surface area contributed by atoms with Gasteiger partial charge in [0.25, 0.3) is 5.91 Å². The van der Waals surface area contributed by atoms with Gasteiger partial charge in [0.15, 0.2) is 15.9 Å². The molecule has 0 spiro atoms. The van der Waals surface area contributed by atoms with Crippen molar-refractivity contribution in [2.24, 2.45) is 0 Å². The molecule has 4 aromatic rings. The Balaban J connectivity index is 1.61. The molecule has 0 unspecified atom stereocenters. The number of fused-ring (bicyclic) bond motifs is 1. The monoisotopic (exact) mass is 375 g/mol. The maximum Gasteiger partial charge on any atom is 0.277 e. The van der Waals surface area contributed by atoms with E-state index in [1.165, 1.54) is 22.7 Å². The van der Waals surface area contributed by atoms with Crippen LogP contribution in [-0.4, -0.2) is 15.9 Å². The van der Waals surface area contributed by atoms with Crippen molar-refractivity contribution in [3.8, 4) is 10.8 Å². The first kappa shape index (κ1) is 15.3. The summed E-state index contributed by atoms with van der Waals surface area (Å²) >= 11 is 8.77. The minimum atomic E-state index is -0.285. The molecule has 0 saturated heterocycles. The van der Waals surface area contributed by atoms with Gasteiger partial charge in [-0.25, -0.2) is 9.97 Å². The molecule has 1 N–H and O–H groups in total. The van der Waals surface area contributed by atoms with Crippen molar-refractivity contribution < 1.29 is 9.21 Å². The Morgan fingerprint density at radius 2 is 2.12 bits per heavy atom. The average Bonchev–Trinajstić information content (AvgIpc) is 3.25. The molecule has 0 saturated carbocycles. The number of carbonyl (C=O) groups excluding carboxylic acids is 1. The zero-order valence-corrected chi connectivity index (χ0v) is 14.8. The number of hydrogen-bond donors (Lipinski definition) is 1. The Morgan fingerprint density at radius 1 is 1.25 bits per heavy atom. The molecule has 0 aliphatic rings. The number of furan rings is 1. The third kappa shape index (κ3) is 2.82. The molecule has 0 atom stereocenters. The number of anilines is 1. The highest BCUT2D eigenvalue weighted by Crippen LogP contribution is 2.30. The van der Waals surface area contributed by atoms with Crippen molar-refractivity contribution in [3.05, 3.63) is 52.2 Å². The van der Waals surface area contributed by atoms with Gasteiger partial charge in [0, 0.05) is 9.90 Å². The van der Waals surface area contributed by atoms with E-state index in [0.29, 0.717) is 26.6 Å². The molecule has 0 aliphatic heterocycles. The maximum atomic E-state index is 12.5. The molecule has 0 fully saturated rings. The number of nitrogens with one attached hydrogen (secondary N) is 1. The molecule has 4 rings (SSSR count). The van der Waals surface area contributed by atoms with Gasteiger partial charge in [-0.1, -0.05) is 22.9 Å². The molecule has 1 aromatic carbocycles. The summed E-state index contributed by atoms with van der Waals surface area (Å²) in [4.78, 5) is 22.1. The highest BCUT2D eigenvalue weighted by molar-refractivity contribution is 7.22. The number of benzene rings is 1. The first-order valence-corrected chi connectivity index (χ1v) is 9.00. The SMILES string of the molecule is Cc1sc(-c2ccco2)nc1C(=O)Nc1nc2ccc(Cl)cc2s1. The molecule has 8 heteroatoms. The fourth-order valence-corrected chi connectivity index (χ4v) is 4.24. The number of aromatic nitrogens is 2. The quantitative estimate of drug-likeness (QED) is 0.532. The van der Waals surface area contributed by atoms with Crippen LogP contribution in [0.5, 0.6) is 0 Å². The lowest BCUT2D eigenvalue weighted by Crippen LogP contribution is -2.13. The molecule has 0 radical (unpaired) electrons. The van der Waals surface area contributed by atoms with E-state index in [1.807, 2.05) is 25.1 Å². The van der Waals surface area contributed by atoms with Crippen LogP contribution in [0.1, 0.15) is 15.4 Å². The number of halogens is 1. The molecule has 1 amide bonds. The highest BCUT2D eigenvalue weighted by atomic mass is 35.5. The molecular formula is C16H10ClN3O2S2. The number of nitrogens with zero attached hydrogens (tertiary/aromatic N) is 2.